The molecule has 0 saturated carbocycles. The van der Waals surface area contributed by atoms with Gasteiger partial charge in [-0.05, 0) is 18.9 Å². The fourth-order valence-electron chi connectivity index (χ4n) is 1.02. The highest BCUT2D eigenvalue weighted by atomic mass is 16.1. The van der Waals surface area contributed by atoms with Crippen LogP contribution in [-0.2, 0) is 6.42 Å². The second-order valence-electron chi connectivity index (χ2n) is 2.89. The summed E-state index contributed by atoms with van der Waals surface area (Å²) in [5, 5.41) is 0. The van der Waals surface area contributed by atoms with Crippen LogP contribution < -0.4 is 5.43 Å². The van der Waals surface area contributed by atoms with Crippen LogP contribution in [0.3, 0.4) is 0 Å². The smallest absolute Gasteiger partial charge is 0.182 e. The summed E-state index contributed by atoms with van der Waals surface area (Å²) in [5.41, 5.74) is 2.73. The van der Waals surface area contributed by atoms with Crippen molar-refractivity contribution < 1.29 is 0 Å². The van der Waals surface area contributed by atoms with Crippen LogP contribution in [0.25, 0.3) is 5.57 Å². The molecule has 1 N–H and O–H groups in total. The van der Waals surface area contributed by atoms with Crippen molar-refractivity contribution in [2.75, 3.05) is 0 Å². The van der Waals surface area contributed by atoms with Crippen molar-refractivity contribution in [3.8, 4) is 0 Å². The Morgan fingerprint density at radius 2 is 2.25 bits per heavy atom. The summed E-state index contributed by atoms with van der Waals surface area (Å²) in [5.74, 6) is 0. The second-order valence-corrected chi connectivity index (χ2v) is 2.89. The number of rotatable bonds is 2. The number of allylic oxidation sites excluding steroid dienone is 1. The normalized spacial score (nSPS) is 9.83. The number of aromatic amines is 1. The first-order chi connectivity index (χ1) is 5.63. The van der Waals surface area contributed by atoms with Crippen LogP contribution >= 0.6 is 0 Å². The predicted molar refractivity (Wildman–Crippen MR) is 51.1 cm³/mol. The molecule has 0 unspecified atom stereocenters. The van der Waals surface area contributed by atoms with E-state index in [1.165, 1.54) is 0 Å². The molecule has 1 aromatic rings. The molecule has 0 aliphatic heterocycles. The Kier molecular flexibility index (Phi) is 2.48. The van der Waals surface area contributed by atoms with Gasteiger partial charge in [0.25, 0.3) is 0 Å². The lowest BCUT2D eigenvalue weighted by molar-refractivity contribution is 1.02. The largest absolute Gasteiger partial charge is 0.358 e. The summed E-state index contributed by atoms with van der Waals surface area (Å²) in [6, 6.07) is 3.19. The molecule has 1 aromatic heterocycles. The fraction of sp³-hybridized carbons (Fsp3) is 0.300. The lowest BCUT2D eigenvalue weighted by Gasteiger charge is -2.02. The van der Waals surface area contributed by atoms with Crippen molar-refractivity contribution in [3.63, 3.8) is 0 Å². The van der Waals surface area contributed by atoms with Gasteiger partial charge in [0.1, 0.15) is 0 Å². The zero-order chi connectivity index (χ0) is 9.14. The van der Waals surface area contributed by atoms with Gasteiger partial charge in [0, 0.05) is 23.5 Å². The Balaban J connectivity index is 3.24. The number of pyridine rings is 1. The summed E-state index contributed by atoms with van der Waals surface area (Å²) in [6.07, 6.45) is 0.844. The lowest BCUT2D eigenvalue weighted by atomic mass is 10.2. The minimum atomic E-state index is 0.0450. The Morgan fingerprint density at radius 1 is 1.58 bits per heavy atom. The highest BCUT2D eigenvalue weighted by Gasteiger charge is 1.97. The van der Waals surface area contributed by atoms with E-state index in [9.17, 15) is 4.79 Å². The summed E-state index contributed by atoms with van der Waals surface area (Å²) < 4.78 is 0. The van der Waals surface area contributed by atoms with Gasteiger partial charge in [-0.1, -0.05) is 13.5 Å². The van der Waals surface area contributed by atoms with E-state index in [1.807, 2.05) is 13.8 Å². The van der Waals surface area contributed by atoms with Crippen molar-refractivity contribution in [1.82, 2.24) is 4.98 Å². The molecule has 2 nitrogen and oxygen atoms in total. The van der Waals surface area contributed by atoms with Gasteiger partial charge in [-0.2, -0.15) is 0 Å². The van der Waals surface area contributed by atoms with Crippen molar-refractivity contribution >= 4 is 5.57 Å². The molecule has 12 heavy (non-hydrogen) atoms. The van der Waals surface area contributed by atoms with Crippen LogP contribution in [0, 0.1) is 0 Å². The highest BCUT2D eigenvalue weighted by molar-refractivity contribution is 5.57. The van der Waals surface area contributed by atoms with Crippen LogP contribution in [0.4, 0.5) is 0 Å². The van der Waals surface area contributed by atoms with Crippen molar-refractivity contribution in [2.45, 2.75) is 20.3 Å². The van der Waals surface area contributed by atoms with Gasteiger partial charge in [0.05, 0.1) is 0 Å². The van der Waals surface area contributed by atoms with Gasteiger partial charge in [-0.15, -0.1) is 0 Å². The highest BCUT2D eigenvalue weighted by Crippen LogP contribution is 2.05. The first-order valence-electron chi connectivity index (χ1n) is 4.02. The molecule has 2 heteroatoms. The molecule has 0 bridgehead atoms. The van der Waals surface area contributed by atoms with Crippen LogP contribution in [0.15, 0.2) is 23.5 Å². The number of aromatic nitrogens is 1. The first-order valence-corrected chi connectivity index (χ1v) is 4.02. The Morgan fingerprint density at radius 3 is 2.75 bits per heavy atom. The number of hydrogen-bond acceptors (Lipinski definition) is 1. The van der Waals surface area contributed by atoms with Gasteiger partial charge in [0.2, 0.25) is 0 Å². The number of hydrogen-bond donors (Lipinski definition) is 1. The van der Waals surface area contributed by atoms with Crippen molar-refractivity contribution in [1.29, 1.82) is 0 Å². The zero-order valence-electron chi connectivity index (χ0n) is 7.48. The molecule has 1 rings (SSSR count). The van der Waals surface area contributed by atoms with Gasteiger partial charge < -0.3 is 4.98 Å². The third-order valence-electron chi connectivity index (χ3n) is 1.74. The third-order valence-corrected chi connectivity index (χ3v) is 1.74. The van der Waals surface area contributed by atoms with E-state index in [4.69, 9.17) is 0 Å². The maximum absolute atomic E-state index is 11.1. The van der Waals surface area contributed by atoms with Crippen LogP contribution in [0.2, 0.25) is 0 Å². The molecule has 0 radical (unpaired) electrons. The Hall–Kier alpha value is -1.31. The van der Waals surface area contributed by atoms with E-state index in [0.29, 0.717) is 0 Å². The van der Waals surface area contributed by atoms with E-state index in [0.717, 1.165) is 23.4 Å². The lowest BCUT2D eigenvalue weighted by Crippen LogP contribution is -2.04. The zero-order valence-corrected chi connectivity index (χ0v) is 7.48. The van der Waals surface area contributed by atoms with Crippen molar-refractivity contribution in [2.24, 2.45) is 0 Å². The monoisotopic (exact) mass is 163 g/mol. The number of H-pyrrole nitrogens is 1. The predicted octanol–water partition coefficient (Wildman–Crippen LogP) is 1.97. The van der Waals surface area contributed by atoms with Crippen molar-refractivity contribution in [3.05, 3.63) is 40.3 Å². The summed E-state index contributed by atoms with van der Waals surface area (Å²) in [7, 11) is 0. The Labute approximate surface area is 71.9 Å². The SMILES string of the molecule is C=C(C)c1cc(=O)cc(CC)[nH]1. The maximum Gasteiger partial charge on any atom is 0.182 e. The first kappa shape index (κ1) is 8.78. The molecule has 0 fully saturated rings. The maximum atomic E-state index is 11.1. The topological polar surface area (TPSA) is 32.9 Å². The minimum absolute atomic E-state index is 0.0450. The molecule has 0 spiro atoms. The average molecular weight is 163 g/mol. The minimum Gasteiger partial charge on any atom is -0.358 e. The standard InChI is InChI=1S/C10H13NO/c1-4-8-5-9(12)6-10(11-8)7(2)3/h5-6H,2,4H2,1,3H3,(H,11,12). The van der Waals surface area contributed by atoms with Gasteiger partial charge >= 0.3 is 0 Å². The van der Waals surface area contributed by atoms with Gasteiger partial charge in [0.15, 0.2) is 5.43 Å². The van der Waals surface area contributed by atoms with E-state index in [-0.39, 0.29) is 5.43 Å². The molecule has 0 atom stereocenters. The molecule has 0 aliphatic carbocycles. The quantitative estimate of drug-likeness (QED) is 0.710. The van der Waals surface area contributed by atoms with Crippen LogP contribution in [0.5, 0.6) is 0 Å². The fourth-order valence-corrected chi connectivity index (χ4v) is 1.02. The summed E-state index contributed by atoms with van der Waals surface area (Å²) in [4.78, 5) is 14.2. The third kappa shape index (κ3) is 1.84. The molecular weight excluding hydrogens is 150 g/mol. The molecular formula is C10H13NO. The van der Waals surface area contributed by atoms with E-state index in [2.05, 4.69) is 11.6 Å². The summed E-state index contributed by atoms with van der Waals surface area (Å²) in [6.45, 7) is 7.66. The van der Waals surface area contributed by atoms with Gasteiger partial charge in [-0.25, -0.2) is 0 Å². The van der Waals surface area contributed by atoms with E-state index in [1.54, 1.807) is 12.1 Å². The Bertz CT molecular complexity index is 349. The van der Waals surface area contributed by atoms with E-state index < -0.39 is 0 Å². The molecule has 64 valence electrons. The second kappa shape index (κ2) is 3.39. The molecule has 1 heterocycles. The van der Waals surface area contributed by atoms with Crippen LogP contribution in [0.1, 0.15) is 25.2 Å². The average Bonchev–Trinajstić information content (AvgIpc) is 2.03. The molecule has 0 amide bonds. The number of aryl methyl sites for hydroxylation is 1. The molecule has 0 aliphatic rings. The van der Waals surface area contributed by atoms with E-state index >= 15 is 0 Å². The van der Waals surface area contributed by atoms with Crippen LogP contribution in [-0.4, -0.2) is 4.98 Å². The summed E-state index contributed by atoms with van der Waals surface area (Å²) >= 11 is 0. The molecule has 0 saturated heterocycles. The number of nitrogens with one attached hydrogen (secondary N) is 1. The molecule has 0 aromatic carbocycles. The van der Waals surface area contributed by atoms with Gasteiger partial charge in [-0.3, -0.25) is 4.79 Å².